The van der Waals surface area contributed by atoms with Crippen molar-refractivity contribution in [3.63, 3.8) is 0 Å². The second kappa shape index (κ2) is 6.54. The van der Waals surface area contributed by atoms with E-state index in [1.54, 1.807) is 7.05 Å². The molecule has 1 saturated carbocycles. The molecule has 2 amide bonds. The molecule has 2 rings (SSSR count). The summed E-state index contributed by atoms with van der Waals surface area (Å²) in [6.07, 6.45) is 2.14. The molecule has 6 heteroatoms. The Hall–Kier alpha value is -1.14. The van der Waals surface area contributed by atoms with E-state index in [1.165, 1.54) is 4.90 Å². The molecule has 0 aromatic rings. The van der Waals surface area contributed by atoms with Gasteiger partial charge in [0.15, 0.2) is 0 Å². The summed E-state index contributed by atoms with van der Waals surface area (Å²) in [5, 5.41) is 6.30. The lowest BCUT2D eigenvalue weighted by Crippen LogP contribution is -2.56. The number of hydrogen-bond donors (Lipinski definition) is 2. The first kappa shape index (κ1) is 15.3. The molecule has 0 bridgehead atoms. The highest BCUT2D eigenvalue weighted by molar-refractivity contribution is 5.85. The number of carbonyl (C=O) groups excluding carboxylic acids is 2. The first-order valence-corrected chi connectivity index (χ1v) is 7.46. The smallest absolute Gasteiger partial charge is 0.239 e. The van der Waals surface area contributed by atoms with Crippen LogP contribution in [0, 0.1) is 0 Å². The normalized spacial score (nSPS) is 27.1. The highest BCUT2D eigenvalue weighted by Gasteiger charge is 2.27. The van der Waals surface area contributed by atoms with Gasteiger partial charge >= 0.3 is 0 Å². The molecule has 2 N–H and O–H groups in total. The summed E-state index contributed by atoms with van der Waals surface area (Å²) in [4.78, 5) is 27.6. The van der Waals surface area contributed by atoms with Crippen LogP contribution in [0.15, 0.2) is 0 Å². The topological polar surface area (TPSA) is 64.7 Å². The second-order valence-corrected chi connectivity index (χ2v) is 6.18. The zero-order valence-electron chi connectivity index (χ0n) is 12.7. The van der Waals surface area contributed by atoms with E-state index in [4.69, 9.17) is 0 Å². The number of amides is 2. The lowest BCUT2D eigenvalue weighted by atomic mass is 10.1. The van der Waals surface area contributed by atoms with Gasteiger partial charge in [-0.15, -0.1) is 0 Å². The first-order valence-electron chi connectivity index (χ1n) is 7.46. The summed E-state index contributed by atoms with van der Waals surface area (Å²) in [5.41, 5.74) is 0. The standard InChI is InChI=1S/C14H26N4O2/c1-10-7-18(11(2)6-15-10)9-14(20)17(3)8-13(19)16-12-4-5-12/h10-12,15H,4-9H2,1-3H3,(H,16,19). The predicted molar refractivity (Wildman–Crippen MR) is 77.3 cm³/mol. The van der Waals surface area contributed by atoms with Crippen LogP contribution in [-0.2, 0) is 9.59 Å². The second-order valence-electron chi connectivity index (χ2n) is 6.18. The summed E-state index contributed by atoms with van der Waals surface area (Å²) in [5.74, 6) is -0.0398. The highest BCUT2D eigenvalue weighted by atomic mass is 16.2. The van der Waals surface area contributed by atoms with Crippen LogP contribution in [0.3, 0.4) is 0 Å². The average Bonchev–Trinajstić information content (AvgIpc) is 3.17. The Bertz CT molecular complexity index is 370. The number of likely N-dealkylation sites (N-methyl/N-ethyl adjacent to an activating group) is 1. The van der Waals surface area contributed by atoms with Crippen molar-refractivity contribution in [3.05, 3.63) is 0 Å². The summed E-state index contributed by atoms with van der Waals surface area (Å²) in [6.45, 7) is 6.56. The number of hydrogen-bond acceptors (Lipinski definition) is 4. The molecule has 1 aliphatic heterocycles. The van der Waals surface area contributed by atoms with Crippen LogP contribution >= 0.6 is 0 Å². The summed E-state index contributed by atoms with van der Waals surface area (Å²) in [7, 11) is 1.70. The molecular weight excluding hydrogens is 256 g/mol. The molecule has 2 atom stereocenters. The van der Waals surface area contributed by atoms with Crippen molar-refractivity contribution in [1.82, 2.24) is 20.4 Å². The minimum absolute atomic E-state index is 0.0110. The van der Waals surface area contributed by atoms with Crippen LogP contribution in [0.1, 0.15) is 26.7 Å². The molecule has 20 heavy (non-hydrogen) atoms. The van der Waals surface area contributed by atoms with Gasteiger partial charge in [-0.25, -0.2) is 0 Å². The Morgan fingerprint density at radius 2 is 2.05 bits per heavy atom. The van der Waals surface area contributed by atoms with Gasteiger partial charge in [0.2, 0.25) is 11.8 Å². The zero-order valence-corrected chi connectivity index (χ0v) is 12.7. The van der Waals surface area contributed by atoms with Gasteiger partial charge in [-0.1, -0.05) is 0 Å². The third kappa shape index (κ3) is 4.45. The third-order valence-electron chi connectivity index (χ3n) is 3.98. The Morgan fingerprint density at radius 1 is 1.35 bits per heavy atom. The molecule has 2 unspecified atom stereocenters. The largest absolute Gasteiger partial charge is 0.352 e. The number of nitrogens with zero attached hydrogens (tertiary/aromatic N) is 2. The first-order chi connectivity index (χ1) is 9.45. The van der Waals surface area contributed by atoms with Crippen molar-refractivity contribution < 1.29 is 9.59 Å². The third-order valence-corrected chi connectivity index (χ3v) is 3.98. The van der Waals surface area contributed by atoms with Crippen LogP contribution in [0.4, 0.5) is 0 Å². The molecule has 6 nitrogen and oxygen atoms in total. The van der Waals surface area contributed by atoms with Gasteiger partial charge in [0.25, 0.3) is 0 Å². The molecule has 0 aromatic carbocycles. The Labute approximate surface area is 120 Å². The Balaban J connectivity index is 1.75. The lowest BCUT2D eigenvalue weighted by molar-refractivity contribution is -0.136. The molecule has 1 heterocycles. The van der Waals surface area contributed by atoms with Gasteiger partial charge in [0, 0.05) is 38.3 Å². The number of piperazine rings is 1. The maximum absolute atomic E-state index is 12.2. The van der Waals surface area contributed by atoms with Crippen LogP contribution in [0.25, 0.3) is 0 Å². The van der Waals surface area contributed by atoms with E-state index in [0.29, 0.717) is 24.7 Å². The zero-order chi connectivity index (χ0) is 14.7. The maximum Gasteiger partial charge on any atom is 0.239 e. The van der Waals surface area contributed by atoms with Crippen LogP contribution in [0.2, 0.25) is 0 Å². The van der Waals surface area contributed by atoms with Crippen LogP contribution in [0.5, 0.6) is 0 Å². The fourth-order valence-corrected chi connectivity index (χ4v) is 2.42. The van der Waals surface area contributed by atoms with E-state index in [1.807, 2.05) is 0 Å². The molecule has 114 valence electrons. The van der Waals surface area contributed by atoms with E-state index in [-0.39, 0.29) is 18.4 Å². The lowest BCUT2D eigenvalue weighted by Gasteiger charge is -2.37. The van der Waals surface area contributed by atoms with Crippen molar-refractivity contribution in [1.29, 1.82) is 0 Å². The molecule has 0 spiro atoms. The van der Waals surface area contributed by atoms with Gasteiger partial charge in [-0.3, -0.25) is 14.5 Å². The van der Waals surface area contributed by atoms with E-state index in [9.17, 15) is 9.59 Å². The monoisotopic (exact) mass is 282 g/mol. The minimum Gasteiger partial charge on any atom is -0.352 e. The van der Waals surface area contributed by atoms with Crippen LogP contribution in [-0.4, -0.2) is 73.0 Å². The van der Waals surface area contributed by atoms with E-state index < -0.39 is 0 Å². The van der Waals surface area contributed by atoms with E-state index >= 15 is 0 Å². The molecule has 2 aliphatic rings. The molecule has 1 aliphatic carbocycles. The SMILES string of the molecule is CC1CN(CC(=O)N(C)CC(=O)NC2CC2)C(C)CN1. The van der Waals surface area contributed by atoms with Crippen molar-refractivity contribution >= 4 is 11.8 Å². The molecule has 0 aromatic heterocycles. The summed E-state index contributed by atoms with van der Waals surface area (Å²) in [6, 6.07) is 1.10. The molecule has 0 radical (unpaired) electrons. The van der Waals surface area contributed by atoms with Crippen LogP contribution < -0.4 is 10.6 Å². The average molecular weight is 282 g/mol. The van der Waals surface area contributed by atoms with Gasteiger partial charge in [0.1, 0.15) is 0 Å². The van der Waals surface area contributed by atoms with Crippen molar-refractivity contribution in [2.45, 2.75) is 44.8 Å². The van der Waals surface area contributed by atoms with E-state index in [0.717, 1.165) is 25.9 Å². The van der Waals surface area contributed by atoms with Gasteiger partial charge in [0.05, 0.1) is 13.1 Å². The molecule has 2 fully saturated rings. The van der Waals surface area contributed by atoms with Gasteiger partial charge < -0.3 is 15.5 Å². The van der Waals surface area contributed by atoms with Gasteiger partial charge in [-0.05, 0) is 26.7 Å². The molecular formula is C14H26N4O2. The number of rotatable bonds is 5. The Morgan fingerprint density at radius 3 is 2.70 bits per heavy atom. The van der Waals surface area contributed by atoms with Crippen molar-refractivity contribution in [3.8, 4) is 0 Å². The molecule has 1 saturated heterocycles. The fraction of sp³-hybridized carbons (Fsp3) is 0.857. The minimum atomic E-state index is -0.0509. The van der Waals surface area contributed by atoms with Gasteiger partial charge in [-0.2, -0.15) is 0 Å². The number of nitrogens with one attached hydrogen (secondary N) is 2. The fourth-order valence-electron chi connectivity index (χ4n) is 2.42. The van der Waals surface area contributed by atoms with Crippen molar-refractivity contribution in [2.24, 2.45) is 0 Å². The predicted octanol–water partition coefficient (Wildman–Crippen LogP) is -0.594. The highest BCUT2D eigenvalue weighted by Crippen LogP contribution is 2.18. The van der Waals surface area contributed by atoms with Crippen molar-refractivity contribution in [2.75, 3.05) is 33.2 Å². The summed E-state index contributed by atoms with van der Waals surface area (Å²) < 4.78 is 0. The Kier molecular flexibility index (Phi) is 4.99. The maximum atomic E-state index is 12.2. The van der Waals surface area contributed by atoms with E-state index in [2.05, 4.69) is 29.4 Å². The quantitative estimate of drug-likeness (QED) is 0.707. The summed E-state index contributed by atoms with van der Waals surface area (Å²) >= 11 is 0. The number of carbonyl (C=O) groups is 2.